The van der Waals surface area contributed by atoms with Crippen LogP contribution < -0.4 is 0 Å². The van der Waals surface area contributed by atoms with Crippen LogP contribution in [-0.2, 0) is 10.0 Å². The maximum atomic E-state index is 12.3. The van der Waals surface area contributed by atoms with Crippen LogP contribution >= 0.6 is 11.6 Å². The van der Waals surface area contributed by atoms with Crippen molar-refractivity contribution in [1.82, 2.24) is 4.31 Å². The Kier molecular flexibility index (Phi) is 6.63. The second-order valence-electron chi connectivity index (χ2n) is 3.08. The lowest BCUT2D eigenvalue weighted by Crippen LogP contribution is -2.43. The molecule has 0 aliphatic carbocycles. The minimum atomic E-state index is -4.51. The first-order chi connectivity index (χ1) is 6.91. The summed E-state index contributed by atoms with van der Waals surface area (Å²) in [7, 11) is -4.51. The van der Waals surface area contributed by atoms with Gasteiger partial charge in [0.25, 0.3) is 10.0 Å². The summed E-state index contributed by atoms with van der Waals surface area (Å²) >= 11 is 5.41. The molecule has 15 heavy (non-hydrogen) atoms. The average molecular weight is 264 g/mol. The van der Waals surface area contributed by atoms with E-state index in [2.05, 4.69) is 0 Å². The predicted molar refractivity (Wildman–Crippen MR) is 56.7 cm³/mol. The molecule has 0 saturated carbocycles. The van der Waals surface area contributed by atoms with E-state index in [4.69, 9.17) is 11.6 Å². The Morgan fingerprint density at radius 3 is 2.00 bits per heavy atom. The Morgan fingerprint density at radius 1 is 1.27 bits per heavy atom. The van der Waals surface area contributed by atoms with Crippen molar-refractivity contribution in [2.45, 2.75) is 38.5 Å². The van der Waals surface area contributed by atoms with Crippen LogP contribution in [0, 0.1) is 0 Å². The first-order valence-corrected chi connectivity index (χ1v) is 6.80. The van der Waals surface area contributed by atoms with Gasteiger partial charge in [0.1, 0.15) is 0 Å². The molecule has 0 spiro atoms. The molecule has 0 saturated heterocycles. The molecule has 0 aromatic heterocycles. The molecule has 7 heteroatoms. The minimum Gasteiger partial charge on any atom is -0.206 e. The van der Waals surface area contributed by atoms with E-state index in [-0.39, 0.29) is 12.4 Å². The lowest BCUT2D eigenvalue weighted by atomic mass is 10.2. The molecule has 0 unspecified atom stereocenters. The molecule has 0 fully saturated rings. The van der Waals surface area contributed by atoms with Gasteiger partial charge in [0.05, 0.1) is 0 Å². The number of hydrogen-bond acceptors (Lipinski definition) is 2. The number of halogens is 3. The molecule has 0 rings (SSSR count). The van der Waals surface area contributed by atoms with Gasteiger partial charge in [-0.15, -0.1) is 11.6 Å². The van der Waals surface area contributed by atoms with Crippen LogP contribution in [0.3, 0.4) is 0 Å². The van der Waals surface area contributed by atoms with Gasteiger partial charge >= 0.3 is 5.76 Å². The van der Waals surface area contributed by atoms with E-state index in [0.29, 0.717) is 12.8 Å². The SMILES string of the molecule is CCC(CC)N(CCCl)S(=O)(=O)C(F)F. The van der Waals surface area contributed by atoms with E-state index in [1.54, 1.807) is 13.8 Å². The van der Waals surface area contributed by atoms with Crippen molar-refractivity contribution in [3.8, 4) is 0 Å². The molecule has 0 aliphatic heterocycles. The van der Waals surface area contributed by atoms with Crippen molar-refractivity contribution in [3.63, 3.8) is 0 Å². The lowest BCUT2D eigenvalue weighted by molar-refractivity contribution is 0.208. The van der Waals surface area contributed by atoms with Crippen LogP contribution in [0.5, 0.6) is 0 Å². The van der Waals surface area contributed by atoms with Crippen molar-refractivity contribution in [3.05, 3.63) is 0 Å². The number of nitrogens with zero attached hydrogens (tertiary/aromatic N) is 1. The molecule has 0 aliphatic rings. The van der Waals surface area contributed by atoms with Crippen molar-refractivity contribution >= 4 is 21.6 Å². The van der Waals surface area contributed by atoms with Crippen molar-refractivity contribution in [2.75, 3.05) is 12.4 Å². The Hall–Kier alpha value is 0.0600. The highest BCUT2D eigenvalue weighted by atomic mass is 35.5. The smallest absolute Gasteiger partial charge is 0.206 e. The normalized spacial score (nSPS) is 13.1. The fraction of sp³-hybridized carbons (Fsp3) is 1.00. The third-order valence-corrected chi connectivity index (χ3v) is 3.96. The highest BCUT2D eigenvalue weighted by Gasteiger charge is 2.35. The van der Waals surface area contributed by atoms with Gasteiger partial charge in [-0.2, -0.15) is 13.1 Å². The summed E-state index contributed by atoms with van der Waals surface area (Å²) in [5, 5.41) is 0. The second kappa shape index (κ2) is 6.60. The summed E-state index contributed by atoms with van der Waals surface area (Å²) in [5.41, 5.74) is 0. The molecule has 92 valence electrons. The molecule has 3 nitrogen and oxygen atoms in total. The molecule has 0 bridgehead atoms. The van der Waals surface area contributed by atoms with Gasteiger partial charge in [-0.25, -0.2) is 8.42 Å². The predicted octanol–water partition coefficient (Wildman–Crippen LogP) is 2.27. The van der Waals surface area contributed by atoms with E-state index in [9.17, 15) is 17.2 Å². The van der Waals surface area contributed by atoms with Crippen LogP contribution in [-0.4, -0.2) is 36.9 Å². The van der Waals surface area contributed by atoms with Gasteiger partial charge in [-0.1, -0.05) is 13.8 Å². The molecular weight excluding hydrogens is 248 g/mol. The van der Waals surface area contributed by atoms with E-state index >= 15 is 0 Å². The molecule has 0 amide bonds. The van der Waals surface area contributed by atoms with Crippen molar-refractivity contribution in [1.29, 1.82) is 0 Å². The number of hydrogen-bond donors (Lipinski definition) is 0. The van der Waals surface area contributed by atoms with Crippen LogP contribution in [0.4, 0.5) is 8.78 Å². The molecule has 0 aromatic carbocycles. The molecule has 0 atom stereocenters. The maximum absolute atomic E-state index is 12.3. The summed E-state index contributed by atoms with van der Waals surface area (Å²) < 4.78 is 48.1. The largest absolute Gasteiger partial charge is 0.350 e. The Morgan fingerprint density at radius 2 is 1.73 bits per heavy atom. The van der Waals surface area contributed by atoms with Gasteiger partial charge in [0.15, 0.2) is 0 Å². The molecule has 0 radical (unpaired) electrons. The summed E-state index contributed by atoms with van der Waals surface area (Å²) in [4.78, 5) is 0. The standard InChI is InChI=1S/C8H16ClF2NO2S/c1-3-7(4-2)12(6-5-9)15(13,14)8(10)11/h7-8H,3-6H2,1-2H3. The quantitative estimate of drug-likeness (QED) is 0.661. The highest BCUT2D eigenvalue weighted by molar-refractivity contribution is 7.89. The lowest BCUT2D eigenvalue weighted by Gasteiger charge is -2.28. The van der Waals surface area contributed by atoms with Crippen LogP contribution in [0.15, 0.2) is 0 Å². The first-order valence-electron chi connectivity index (χ1n) is 4.76. The van der Waals surface area contributed by atoms with E-state index < -0.39 is 21.8 Å². The van der Waals surface area contributed by atoms with E-state index in [1.165, 1.54) is 0 Å². The molecule has 0 heterocycles. The van der Waals surface area contributed by atoms with Gasteiger partial charge in [-0.3, -0.25) is 0 Å². The van der Waals surface area contributed by atoms with Crippen molar-refractivity contribution < 1.29 is 17.2 Å². The Bertz CT molecular complexity index is 268. The van der Waals surface area contributed by atoms with Gasteiger partial charge in [0.2, 0.25) is 0 Å². The molecular formula is C8H16ClF2NO2S. The van der Waals surface area contributed by atoms with Crippen molar-refractivity contribution in [2.24, 2.45) is 0 Å². The maximum Gasteiger partial charge on any atom is 0.350 e. The fourth-order valence-corrected chi connectivity index (χ4v) is 2.95. The summed E-state index contributed by atoms with van der Waals surface area (Å²) in [6, 6.07) is -0.400. The van der Waals surface area contributed by atoms with Crippen LogP contribution in [0.1, 0.15) is 26.7 Å². The highest BCUT2D eigenvalue weighted by Crippen LogP contribution is 2.19. The number of sulfonamides is 1. The zero-order valence-electron chi connectivity index (χ0n) is 8.79. The monoisotopic (exact) mass is 263 g/mol. The van der Waals surface area contributed by atoms with Crippen LogP contribution in [0.25, 0.3) is 0 Å². The zero-order chi connectivity index (χ0) is 12.1. The minimum absolute atomic E-state index is 0.0163. The Balaban J connectivity index is 4.95. The topological polar surface area (TPSA) is 37.4 Å². The number of rotatable bonds is 7. The first kappa shape index (κ1) is 15.1. The number of alkyl halides is 3. The summed E-state index contributed by atoms with van der Waals surface area (Å²) in [6.45, 7) is 3.45. The van der Waals surface area contributed by atoms with Gasteiger partial charge < -0.3 is 0 Å². The third kappa shape index (κ3) is 3.85. The van der Waals surface area contributed by atoms with Gasteiger partial charge in [-0.05, 0) is 12.8 Å². The van der Waals surface area contributed by atoms with Gasteiger partial charge in [0, 0.05) is 18.5 Å². The van der Waals surface area contributed by atoms with E-state index in [0.717, 1.165) is 4.31 Å². The van der Waals surface area contributed by atoms with E-state index in [1.807, 2.05) is 0 Å². The fourth-order valence-electron chi connectivity index (χ4n) is 1.40. The molecule has 0 aromatic rings. The third-order valence-electron chi connectivity index (χ3n) is 2.21. The average Bonchev–Trinajstić information content (AvgIpc) is 2.18. The zero-order valence-corrected chi connectivity index (χ0v) is 10.4. The summed E-state index contributed by atoms with van der Waals surface area (Å²) in [6.07, 6.45) is 0.999. The Labute approximate surface area is 94.4 Å². The van der Waals surface area contributed by atoms with Crippen LogP contribution in [0.2, 0.25) is 0 Å². The molecule has 0 N–H and O–H groups in total. The summed E-state index contributed by atoms with van der Waals surface area (Å²) in [5.74, 6) is -3.36. The second-order valence-corrected chi connectivity index (χ2v) is 5.31.